The van der Waals surface area contributed by atoms with Gasteiger partial charge in [-0.25, -0.2) is 0 Å². The third-order valence-electron chi connectivity index (χ3n) is 1.61. The van der Waals surface area contributed by atoms with Crippen molar-refractivity contribution in [2.75, 3.05) is 0 Å². The second-order valence-electron chi connectivity index (χ2n) is 2.90. The molecule has 15 heavy (non-hydrogen) atoms. The number of aliphatic imine (C=N–C) groups is 1. The van der Waals surface area contributed by atoms with Gasteiger partial charge in [0.25, 0.3) is 0 Å². The molecule has 0 aromatic heterocycles. The lowest BCUT2D eigenvalue weighted by Crippen LogP contribution is -1.85. The van der Waals surface area contributed by atoms with Crippen molar-refractivity contribution in [3.63, 3.8) is 0 Å². The number of benzene rings is 1. The van der Waals surface area contributed by atoms with Crippen molar-refractivity contribution in [2.45, 2.75) is 6.16 Å². The maximum absolute atomic E-state index is 10.7. The van der Waals surface area contributed by atoms with E-state index in [2.05, 4.69) is 4.99 Å². The molecule has 0 spiro atoms. The highest BCUT2D eigenvalue weighted by Crippen LogP contribution is 2.39. The van der Waals surface area contributed by atoms with Crippen LogP contribution in [0, 0.1) is 0 Å². The molecule has 0 unspecified atom stereocenters. The van der Waals surface area contributed by atoms with Crippen LogP contribution in [-0.4, -0.2) is 22.3 Å². The molecule has 1 aromatic carbocycles. The van der Waals surface area contributed by atoms with Gasteiger partial charge in [-0.1, -0.05) is 12.1 Å². The largest absolute Gasteiger partial charge is 0.329 e. The van der Waals surface area contributed by atoms with Crippen molar-refractivity contribution >= 4 is 25.8 Å². The van der Waals surface area contributed by atoms with Gasteiger partial charge in [-0.05, 0) is 17.7 Å². The number of carbonyl (C=O) groups excluding carboxylic acids is 1. The van der Waals surface area contributed by atoms with Crippen LogP contribution in [0.25, 0.3) is 0 Å². The first kappa shape index (κ1) is 11.8. The summed E-state index contributed by atoms with van der Waals surface area (Å²) < 4.78 is 10.7. The SMILES string of the molecule is O=CC=Nc1ccc(CP(=O)(O)O)cc1. The van der Waals surface area contributed by atoms with E-state index >= 15 is 0 Å². The highest BCUT2D eigenvalue weighted by atomic mass is 31.2. The lowest BCUT2D eigenvalue weighted by molar-refractivity contribution is -0.102. The first-order valence-electron chi connectivity index (χ1n) is 4.12. The van der Waals surface area contributed by atoms with E-state index in [4.69, 9.17) is 9.79 Å². The van der Waals surface area contributed by atoms with E-state index < -0.39 is 7.60 Å². The van der Waals surface area contributed by atoms with Gasteiger partial charge in [-0.2, -0.15) is 0 Å². The van der Waals surface area contributed by atoms with E-state index in [0.29, 0.717) is 17.5 Å². The average Bonchev–Trinajstić information content (AvgIpc) is 2.14. The molecule has 80 valence electrons. The lowest BCUT2D eigenvalue weighted by Gasteiger charge is -2.03. The first-order chi connectivity index (χ1) is 7.01. The van der Waals surface area contributed by atoms with Crippen molar-refractivity contribution in [3.8, 4) is 0 Å². The van der Waals surface area contributed by atoms with E-state index in [9.17, 15) is 9.36 Å². The molecule has 0 amide bonds. The van der Waals surface area contributed by atoms with Gasteiger partial charge < -0.3 is 9.79 Å². The Morgan fingerprint density at radius 1 is 1.27 bits per heavy atom. The third-order valence-corrected chi connectivity index (χ3v) is 2.39. The molecule has 0 radical (unpaired) electrons. The number of aldehydes is 1. The number of carbonyl (C=O) groups is 1. The van der Waals surface area contributed by atoms with E-state index in [1.54, 1.807) is 24.3 Å². The third kappa shape index (κ3) is 4.65. The molecule has 0 atom stereocenters. The van der Waals surface area contributed by atoms with Crippen molar-refractivity contribution < 1.29 is 19.1 Å². The molecule has 0 bridgehead atoms. The minimum Gasteiger partial charge on any atom is -0.324 e. The minimum atomic E-state index is -4.02. The monoisotopic (exact) mass is 227 g/mol. The molecule has 0 aliphatic heterocycles. The van der Waals surface area contributed by atoms with Gasteiger partial charge in [-0.3, -0.25) is 14.4 Å². The fourth-order valence-corrected chi connectivity index (χ4v) is 1.73. The summed E-state index contributed by atoms with van der Waals surface area (Å²) >= 11 is 0. The van der Waals surface area contributed by atoms with Crippen molar-refractivity contribution in [3.05, 3.63) is 29.8 Å². The Bertz CT molecular complexity index is 407. The molecule has 6 heteroatoms. The summed E-state index contributed by atoms with van der Waals surface area (Å²) in [6.07, 6.45) is 1.38. The highest BCUT2D eigenvalue weighted by molar-refractivity contribution is 7.50. The van der Waals surface area contributed by atoms with Gasteiger partial charge in [0.15, 0.2) is 6.29 Å². The Balaban J connectivity index is 2.76. The molecular weight excluding hydrogens is 217 g/mol. The fraction of sp³-hybridized carbons (Fsp3) is 0.111. The summed E-state index contributed by atoms with van der Waals surface area (Å²) in [5.41, 5.74) is 1.10. The predicted octanol–water partition coefficient (Wildman–Crippen LogP) is 1.27. The number of nitrogens with zero attached hydrogens (tertiary/aromatic N) is 1. The molecule has 0 saturated heterocycles. The predicted molar refractivity (Wildman–Crippen MR) is 56.4 cm³/mol. The zero-order chi connectivity index (χ0) is 11.3. The van der Waals surface area contributed by atoms with Crippen LogP contribution in [0.3, 0.4) is 0 Å². The molecule has 0 aliphatic rings. The summed E-state index contributed by atoms with van der Waals surface area (Å²) in [6, 6.07) is 6.31. The Kier molecular flexibility index (Phi) is 3.91. The quantitative estimate of drug-likeness (QED) is 0.460. The summed E-state index contributed by atoms with van der Waals surface area (Å²) in [7, 11) is -4.02. The smallest absolute Gasteiger partial charge is 0.324 e. The second kappa shape index (κ2) is 4.98. The van der Waals surface area contributed by atoms with Crippen LogP contribution in [0.4, 0.5) is 5.69 Å². The van der Waals surface area contributed by atoms with Crippen molar-refractivity contribution in [2.24, 2.45) is 4.99 Å². The molecule has 0 saturated carbocycles. The van der Waals surface area contributed by atoms with Gasteiger partial charge in [0.2, 0.25) is 0 Å². The summed E-state index contributed by atoms with van der Waals surface area (Å²) in [5.74, 6) is 0. The summed E-state index contributed by atoms with van der Waals surface area (Å²) in [5, 5.41) is 0. The van der Waals surface area contributed by atoms with Gasteiger partial charge >= 0.3 is 7.60 Å². The molecule has 5 nitrogen and oxygen atoms in total. The van der Waals surface area contributed by atoms with E-state index in [-0.39, 0.29) is 6.16 Å². The van der Waals surface area contributed by atoms with Crippen molar-refractivity contribution in [1.82, 2.24) is 0 Å². The molecule has 1 aromatic rings. The van der Waals surface area contributed by atoms with Crippen LogP contribution < -0.4 is 0 Å². The topological polar surface area (TPSA) is 87.0 Å². The first-order valence-corrected chi connectivity index (χ1v) is 5.92. The molecule has 0 fully saturated rings. The fourth-order valence-electron chi connectivity index (χ4n) is 1.04. The molecule has 0 aliphatic carbocycles. The van der Waals surface area contributed by atoms with Crippen LogP contribution >= 0.6 is 7.60 Å². The van der Waals surface area contributed by atoms with Gasteiger partial charge in [0.1, 0.15) is 0 Å². The van der Waals surface area contributed by atoms with Gasteiger partial charge in [0.05, 0.1) is 18.1 Å². The lowest BCUT2D eigenvalue weighted by atomic mass is 10.2. The Hall–Kier alpha value is -1.29. The van der Waals surface area contributed by atoms with E-state index in [1.165, 1.54) is 0 Å². The Labute approximate surface area is 86.6 Å². The van der Waals surface area contributed by atoms with E-state index in [1.807, 2.05) is 0 Å². The zero-order valence-electron chi connectivity index (χ0n) is 7.78. The molecular formula is C9H10NO4P. The molecule has 0 heterocycles. The Morgan fingerprint density at radius 2 is 1.87 bits per heavy atom. The second-order valence-corrected chi connectivity index (χ2v) is 4.55. The number of hydrogen-bond acceptors (Lipinski definition) is 3. The Morgan fingerprint density at radius 3 is 2.33 bits per heavy atom. The minimum absolute atomic E-state index is 0.287. The van der Waals surface area contributed by atoms with Gasteiger partial charge in [0, 0.05) is 0 Å². The van der Waals surface area contributed by atoms with Gasteiger partial charge in [-0.15, -0.1) is 0 Å². The number of hydrogen-bond donors (Lipinski definition) is 2. The molecule has 1 rings (SSSR count). The zero-order valence-corrected chi connectivity index (χ0v) is 8.67. The van der Waals surface area contributed by atoms with Crippen LogP contribution in [-0.2, 0) is 15.5 Å². The van der Waals surface area contributed by atoms with Crippen molar-refractivity contribution in [1.29, 1.82) is 0 Å². The van der Waals surface area contributed by atoms with Crippen LogP contribution in [0.15, 0.2) is 29.3 Å². The highest BCUT2D eigenvalue weighted by Gasteiger charge is 2.13. The standard InChI is InChI=1S/C9H10NO4P/c11-6-5-10-9-3-1-8(2-4-9)7-15(12,13)14/h1-6H,7H2,(H2,12,13,14). The number of rotatable bonds is 4. The normalized spacial score (nSPS) is 11.9. The molecule has 2 N–H and O–H groups in total. The maximum Gasteiger partial charge on any atom is 0.329 e. The van der Waals surface area contributed by atoms with Crippen LogP contribution in [0.5, 0.6) is 0 Å². The van der Waals surface area contributed by atoms with Crippen LogP contribution in [0.1, 0.15) is 5.56 Å². The average molecular weight is 227 g/mol. The van der Waals surface area contributed by atoms with E-state index in [0.717, 1.165) is 6.21 Å². The maximum atomic E-state index is 10.7. The summed E-state index contributed by atoms with van der Waals surface area (Å²) in [6.45, 7) is 0. The van der Waals surface area contributed by atoms with Crippen LogP contribution in [0.2, 0.25) is 0 Å². The summed E-state index contributed by atoms with van der Waals surface area (Å²) in [4.78, 5) is 31.2.